The van der Waals surface area contributed by atoms with Gasteiger partial charge in [-0.05, 0) is 0 Å². The largest absolute Gasteiger partial charge is 0.481 e. The van der Waals surface area contributed by atoms with Gasteiger partial charge in [-0.15, -0.1) is 0 Å². The summed E-state index contributed by atoms with van der Waals surface area (Å²) in [6.07, 6.45) is 0. The van der Waals surface area contributed by atoms with E-state index >= 15 is 0 Å². The second-order valence-corrected chi connectivity index (χ2v) is 2.36. The molecule has 0 amide bonds. The Morgan fingerprint density at radius 2 is 1.67 bits per heavy atom. The second-order valence-electron chi connectivity index (χ2n) is 1.68. The average molecular weight is 213 g/mol. The first-order valence-corrected chi connectivity index (χ1v) is 4.14. The molecule has 1 unspecified atom stereocenters. The van der Waals surface area contributed by atoms with Crippen LogP contribution in [0.5, 0.6) is 0 Å². The molecular formula is C5H11NO4S2. The monoisotopic (exact) mass is 213 g/mol. The van der Waals surface area contributed by atoms with Crippen LogP contribution in [0.25, 0.3) is 0 Å². The van der Waals surface area contributed by atoms with E-state index in [0.29, 0.717) is 0 Å². The molecule has 0 saturated carbocycles. The van der Waals surface area contributed by atoms with Crippen LogP contribution in [0.3, 0.4) is 0 Å². The summed E-state index contributed by atoms with van der Waals surface area (Å²) in [5, 5.41) is 15.7. The highest BCUT2D eigenvalue weighted by molar-refractivity contribution is 7.81. The summed E-state index contributed by atoms with van der Waals surface area (Å²) in [5.41, 5.74) is 4.94. The first kappa shape index (κ1) is 14.1. The Labute approximate surface area is 80.8 Å². The zero-order valence-electron chi connectivity index (χ0n) is 6.17. The molecule has 4 N–H and O–H groups in total. The molecule has 12 heavy (non-hydrogen) atoms. The van der Waals surface area contributed by atoms with Crippen LogP contribution in [0.4, 0.5) is 0 Å². The molecule has 0 fully saturated rings. The third-order valence-electron chi connectivity index (χ3n) is 0.649. The van der Waals surface area contributed by atoms with Crippen molar-refractivity contribution in [1.82, 2.24) is 0 Å². The minimum absolute atomic E-state index is 0.0833. The molecule has 0 aliphatic heterocycles. The van der Waals surface area contributed by atoms with Crippen LogP contribution in [0, 0.1) is 0 Å². The summed E-state index contributed by atoms with van der Waals surface area (Å²) in [6.45, 7) is 0. The molecule has 0 aromatic carbocycles. The predicted molar refractivity (Wildman–Crippen MR) is 51.0 cm³/mol. The van der Waals surface area contributed by atoms with Crippen molar-refractivity contribution in [3.05, 3.63) is 0 Å². The van der Waals surface area contributed by atoms with Gasteiger partial charge in [0.2, 0.25) is 0 Å². The highest BCUT2D eigenvalue weighted by atomic mass is 32.1. The van der Waals surface area contributed by atoms with E-state index in [0.717, 1.165) is 0 Å². The normalized spacial score (nSPS) is 10.9. The van der Waals surface area contributed by atoms with Gasteiger partial charge in [0, 0.05) is 5.75 Å². The van der Waals surface area contributed by atoms with Crippen LogP contribution >= 0.6 is 25.3 Å². The minimum Gasteiger partial charge on any atom is -0.481 e. The summed E-state index contributed by atoms with van der Waals surface area (Å²) in [7, 11) is 0. The average Bonchev–Trinajstić information content (AvgIpc) is 2.04. The smallest absolute Gasteiger partial charge is 0.321 e. The summed E-state index contributed by atoms with van der Waals surface area (Å²) in [4.78, 5) is 19.0. The van der Waals surface area contributed by atoms with Crippen molar-refractivity contribution >= 4 is 37.2 Å². The minimum atomic E-state index is -1.00. The van der Waals surface area contributed by atoms with E-state index in [9.17, 15) is 9.59 Å². The maximum atomic E-state index is 9.76. The molecule has 0 aromatic rings. The van der Waals surface area contributed by atoms with Crippen molar-refractivity contribution in [1.29, 1.82) is 0 Å². The van der Waals surface area contributed by atoms with Crippen molar-refractivity contribution in [3.63, 3.8) is 0 Å². The lowest BCUT2D eigenvalue weighted by Gasteiger charge is -1.96. The predicted octanol–water partition coefficient (Wildman–Crippen LogP) is -0.671. The van der Waals surface area contributed by atoms with Gasteiger partial charge >= 0.3 is 11.9 Å². The molecular weight excluding hydrogens is 202 g/mol. The molecule has 0 rings (SSSR count). The number of thiol groups is 2. The van der Waals surface area contributed by atoms with Crippen LogP contribution in [0.2, 0.25) is 0 Å². The van der Waals surface area contributed by atoms with Crippen LogP contribution in [0.15, 0.2) is 0 Å². The molecule has 72 valence electrons. The van der Waals surface area contributed by atoms with Crippen molar-refractivity contribution in [3.8, 4) is 0 Å². The molecule has 0 aromatic heterocycles. The summed E-state index contributed by atoms with van der Waals surface area (Å²) >= 11 is 7.06. The van der Waals surface area contributed by atoms with Crippen LogP contribution in [-0.2, 0) is 9.59 Å². The van der Waals surface area contributed by atoms with Gasteiger partial charge in [0.15, 0.2) is 0 Å². The van der Waals surface area contributed by atoms with Crippen molar-refractivity contribution in [2.24, 2.45) is 5.73 Å². The lowest BCUT2D eigenvalue weighted by Crippen LogP contribution is -2.31. The summed E-state index contributed by atoms with van der Waals surface area (Å²) < 4.78 is 0. The highest BCUT2D eigenvalue weighted by Gasteiger charge is 2.06. The van der Waals surface area contributed by atoms with Gasteiger partial charge in [-0.25, -0.2) is 0 Å². The van der Waals surface area contributed by atoms with Crippen LogP contribution in [0.1, 0.15) is 0 Å². The topological polar surface area (TPSA) is 101 Å². The van der Waals surface area contributed by atoms with Gasteiger partial charge in [-0.3, -0.25) is 9.59 Å². The Balaban J connectivity index is 0. The van der Waals surface area contributed by atoms with E-state index in [1.165, 1.54) is 0 Å². The SMILES string of the molecule is NC(CS)C(=O)O.O=C(O)CS. The summed E-state index contributed by atoms with van der Waals surface area (Å²) in [5.74, 6) is -1.78. The number of hydrogen-bond donors (Lipinski definition) is 5. The fourth-order valence-electron chi connectivity index (χ4n) is 0.0781. The highest BCUT2D eigenvalue weighted by Crippen LogP contribution is 1.80. The van der Waals surface area contributed by atoms with E-state index < -0.39 is 18.0 Å². The molecule has 0 aliphatic rings. The lowest BCUT2D eigenvalue weighted by molar-refractivity contribution is -0.138. The first-order valence-electron chi connectivity index (χ1n) is 2.87. The number of carboxylic acids is 2. The Kier molecular flexibility index (Phi) is 10.2. The van der Waals surface area contributed by atoms with E-state index in [-0.39, 0.29) is 11.5 Å². The third kappa shape index (κ3) is 12.3. The van der Waals surface area contributed by atoms with Crippen LogP contribution < -0.4 is 5.73 Å². The van der Waals surface area contributed by atoms with Gasteiger partial charge in [0.1, 0.15) is 6.04 Å². The van der Waals surface area contributed by atoms with E-state index in [1.54, 1.807) is 0 Å². The van der Waals surface area contributed by atoms with Gasteiger partial charge in [0.25, 0.3) is 0 Å². The van der Waals surface area contributed by atoms with Gasteiger partial charge < -0.3 is 15.9 Å². The third-order valence-corrected chi connectivity index (χ3v) is 1.31. The zero-order chi connectivity index (χ0) is 10.1. The number of nitrogens with two attached hydrogens (primary N) is 1. The molecule has 1 atom stereocenters. The van der Waals surface area contributed by atoms with Gasteiger partial charge in [-0.2, -0.15) is 25.3 Å². The first-order chi connectivity index (χ1) is 5.45. The number of aliphatic carboxylic acids is 2. The molecule has 5 nitrogen and oxygen atoms in total. The molecule has 0 aliphatic carbocycles. The van der Waals surface area contributed by atoms with Crippen molar-refractivity contribution in [2.45, 2.75) is 6.04 Å². The number of hydrogen-bond acceptors (Lipinski definition) is 5. The molecule has 0 bridgehead atoms. The number of carbonyl (C=O) groups is 2. The zero-order valence-corrected chi connectivity index (χ0v) is 7.96. The Hall–Kier alpha value is -0.400. The molecule has 0 saturated heterocycles. The number of rotatable bonds is 3. The molecule has 0 radical (unpaired) electrons. The van der Waals surface area contributed by atoms with E-state index in [2.05, 4.69) is 25.3 Å². The quantitative estimate of drug-likeness (QED) is 0.400. The molecule has 7 heteroatoms. The standard InChI is InChI=1S/C3H7NO2S.C2H4O2S/c4-2(1-7)3(5)6;3-2(4)1-5/h2,7H,1,4H2,(H,5,6);5H,1H2,(H,3,4). The number of carboxylic acid groups (broad SMARTS) is 2. The molecule has 0 heterocycles. The maximum absolute atomic E-state index is 9.76. The van der Waals surface area contributed by atoms with E-state index in [4.69, 9.17) is 15.9 Å². The Morgan fingerprint density at radius 3 is 1.67 bits per heavy atom. The van der Waals surface area contributed by atoms with Crippen LogP contribution in [-0.4, -0.2) is 39.7 Å². The Bertz CT molecular complexity index is 152. The molecule has 0 spiro atoms. The van der Waals surface area contributed by atoms with Gasteiger partial charge in [-0.1, -0.05) is 0 Å². The lowest BCUT2D eigenvalue weighted by atomic mass is 10.4. The fourth-order valence-corrected chi connectivity index (χ4v) is 0.234. The second kappa shape index (κ2) is 8.69. The van der Waals surface area contributed by atoms with Crippen molar-refractivity contribution in [2.75, 3.05) is 11.5 Å². The van der Waals surface area contributed by atoms with Gasteiger partial charge in [0.05, 0.1) is 5.75 Å². The fraction of sp³-hybridized carbons (Fsp3) is 0.600. The maximum Gasteiger partial charge on any atom is 0.321 e. The Morgan fingerprint density at radius 1 is 1.33 bits per heavy atom. The van der Waals surface area contributed by atoms with E-state index in [1.807, 2.05) is 0 Å². The van der Waals surface area contributed by atoms with Crippen molar-refractivity contribution < 1.29 is 19.8 Å². The summed E-state index contributed by atoms with van der Waals surface area (Å²) in [6, 6.07) is -0.816.